The highest BCUT2D eigenvalue weighted by Crippen LogP contribution is 2.34. The zero-order chi connectivity index (χ0) is 11.6. The van der Waals surface area contributed by atoms with Crippen LogP contribution in [-0.4, -0.2) is 13.3 Å². The Morgan fingerprint density at radius 3 is 2.31 bits per heavy atom. The minimum Gasteiger partial charge on any atom is -0.494 e. The van der Waals surface area contributed by atoms with E-state index >= 15 is 0 Å². The minimum absolute atomic E-state index is 0. The molecule has 0 aliphatic rings. The number of halogens is 5. The van der Waals surface area contributed by atoms with Crippen molar-refractivity contribution >= 4 is 12.4 Å². The van der Waals surface area contributed by atoms with Gasteiger partial charge in [0.15, 0.2) is 11.6 Å². The predicted octanol–water partition coefficient (Wildman–Crippen LogP) is 2.82. The van der Waals surface area contributed by atoms with Crippen LogP contribution in [0.25, 0.3) is 0 Å². The molecule has 0 fully saturated rings. The third kappa shape index (κ3) is 2.99. The fraction of sp³-hybridized carbons (Fsp3) is 0.333. The lowest BCUT2D eigenvalue weighted by atomic mass is 10.1. The number of hydrogen-bond acceptors (Lipinski definition) is 2. The second-order valence-electron chi connectivity index (χ2n) is 2.88. The Balaban J connectivity index is 0.00000225. The average Bonchev–Trinajstić information content (AvgIpc) is 2.16. The molecule has 1 atom stereocenters. The van der Waals surface area contributed by atoms with Crippen molar-refractivity contribution < 1.29 is 22.3 Å². The Hall–Kier alpha value is -1.01. The molecule has 0 aromatic heterocycles. The van der Waals surface area contributed by atoms with Crippen molar-refractivity contribution in [2.45, 2.75) is 12.2 Å². The molecule has 0 unspecified atom stereocenters. The van der Waals surface area contributed by atoms with Crippen LogP contribution < -0.4 is 10.5 Å². The van der Waals surface area contributed by atoms with Gasteiger partial charge in [-0.3, -0.25) is 0 Å². The van der Waals surface area contributed by atoms with Gasteiger partial charge < -0.3 is 10.5 Å². The van der Waals surface area contributed by atoms with Crippen molar-refractivity contribution in [3.8, 4) is 5.75 Å². The molecule has 1 aromatic rings. The first-order valence-electron chi connectivity index (χ1n) is 4.02. The van der Waals surface area contributed by atoms with Crippen molar-refractivity contribution in [1.29, 1.82) is 0 Å². The van der Waals surface area contributed by atoms with E-state index in [2.05, 4.69) is 4.74 Å². The van der Waals surface area contributed by atoms with Gasteiger partial charge in [0.1, 0.15) is 6.04 Å². The maximum absolute atomic E-state index is 13.3. The van der Waals surface area contributed by atoms with Crippen LogP contribution in [0.5, 0.6) is 5.75 Å². The molecule has 0 amide bonds. The van der Waals surface area contributed by atoms with Gasteiger partial charge in [0.05, 0.1) is 7.11 Å². The molecule has 0 bridgehead atoms. The summed E-state index contributed by atoms with van der Waals surface area (Å²) in [6, 6.07) is 1.12. The first kappa shape index (κ1) is 15.0. The smallest absolute Gasteiger partial charge is 0.407 e. The highest BCUT2D eigenvalue weighted by Gasteiger charge is 2.39. The van der Waals surface area contributed by atoms with Crippen LogP contribution in [0.15, 0.2) is 18.2 Å². The molecular weight excluding hydrogens is 250 g/mol. The van der Waals surface area contributed by atoms with Gasteiger partial charge in [0.25, 0.3) is 0 Å². The number of ether oxygens (including phenoxy) is 1. The normalized spacial score (nSPS) is 12.9. The lowest BCUT2D eigenvalue weighted by Gasteiger charge is -2.17. The van der Waals surface area contributed by atoms with Crippen LogP contribution in [0.1, 0.15) is 11.6 Å². The van der Waals surface area contributed by atoms with Crippen molar-refractivity contribution in [3.63, 3.8) is 0 Å². The van der Waals surface area contributed by atoms with Crippen LogP contribution in [0, 0.1) is 5.82 Å². The van der Waals surface area contributed by atoms with E-state index in [9.17, 15) is 17.6 Å². The largest absolute Gasteiger partial charge is 0.494 e. The number of hydrogen-bond donors (Lipinski definition) is 1. The summed E-state index contributed by atoms with van der Waals surface area (Å²) in [6.45, 7) is 0. The van der Waals surface area contributed by atoms with Gasteiger partial charge in [0, 0.05) is 5.56 Å². The second kappa shape index (κ2) is 5.36. The second-order valence-corrected chi connectivity index (χ2v) is 2.88. The Labute approximate surface area is 95.8 Å². The fourth-order valence-corrected chi connectivity index (χ4v) is 1.10. The molecule has 7 heteroatoms. The van der Waals surface area contributed by atoms with Crippen LogP contribution in [-0.2, 0) is 0 Å². The summed E-state index contributed by atoms with van der Waals surface area (Å²) in [6.07, 6.45) is -4.67. The third-order valence-corrected chi connectivity index (χ3v) is 1.90. The van der Waals surface area contributed by atoms with Gasteiger partial charge in [-0.1, -0.05) is 12.1 Å². The van der Waals surface area contributed by atoms with Crippen molar-refractivity contribution in [2.24, 2.45) is 5.73 Å². The molecule has 1 rings (SSSR count). The summed E-state index contributed by atoms with van der Waals surface area (Å²) in [4.78, 5) is 0. The zero-order valence-corrected chi connectivity index (χ0v) is 9.03. The SMILES string of the molecule is COc1cccc([C@@H](N)C(F)(F)F)c1F.Cl. The van der Waals surface area contributed by atoms with Crippen LogP contribution in [0.2, 0.25) is 0 Å². The molecule has 1 aromatic carbocycles. The van der Waals surface area contributed by atoms with E-state index in [1.54, 1.807) is 0 Å². The summed E-state index contributed by atoms with van der Waals surface area (Å²) in [7, 11) is 1.17. The molecule has 0 radical (unpaired) electrons. The van der Waals surface area contributed by atoms with Crippen LogP contribution in [0.3, 0.4) is 0 Å². The van der Waals surface area contributed by atoms with Crippen molar-refractivity contribution in [1.82, 2.24) is 0 Å². The maximum atomic E-state index is 13.3. The Bertz CT molecular complexity index is 356. The molecule has 0 spiro atoms. The Morgan fingerprint density at radius 1 is 1.31 bits per heavy atom. The van der Waals surface area contributed by atoms with E-state index in [4.69, 9.17) is 5.73 Å². The van der Waals surface area contributed by atoms with E-state index in [1.165, 1.54) is 19.2 Å². The van der Waals surface area contributed by atoms with E-state index in [1.807, 2.05) is 0 Å². The average molecular weight is 260 g/mol. The molecular formula is C9H10ClF4NO. The quantitative estimate of drug-likeness (QED) is 0.829. The summed E-state index contributed by atoms with van der Waals surface area (Å²) >= 11 is 0. The van der Waals surface area contributed by atoms with Gasteiger partial charge in [-0.15, -0.1) is 12.4 Å². The number of benzene rings is 1. The number of methoxy groups -OCH3 is 1. The summed E-state index contributed by atoms with van der Waals surface area (Å²) in [5, 5.41) is 0. The van der Waals surface area contributed by atoms with E-state index in [0.717, 1.165) is 6.07 Å². The van der Waals surface area contributed by atoms with Gasteiger partial charge in [-0.25, -0.2) is 4.39 Å². The van der Waals surface area contributed by atoms with Gasteiger partial charge in [0.2, 0.25) is 0 Å². The molecule has 0 aliphatic heterocycles. The minimum atomic E-state index is -4.67. The van der Waals surface area contributed by atoms with Crippen molar-refractivity contribution in [3.05, 3.63) is 29.6 Å². The molecule has 0 heterocycles. The monoisotopic (exact) mass is 259 g/mol. The number of nitrogens with two attached hydrogens (primary N) is 1. The van der Waals surface area contributed by atoms with Gasteiger partial charge in [-0.05, 0) is 6.07 Å². The Kier molecular flexibility index (Phi) is 5.02. The topological polar surface area (TPSA) is 35.2 Å². The van der Waals surface area contributed by atoms with E-state index in [-0.39, 0.29) is 18.2 Å². The van der Waals surface area contributed by atoms with Crippen molar-refractivity contribution in [2.75, 3.05) is 7.11 Å². The zero-order valence-electron chi connectivity index (χ0n) is 8.22. The summed E-state index contributed by atoms with van der Waals surface area (Å²) in [5.41, 5.74) is 4.25. The van der Waals surface area contributed by atoms with E-state index in [0.29, 0.717) is 0 Å². The molecule has 0 aliphatic carbocycles. The third-order valence-electron chi connectivity index (χ3n) is 1.90. The van der Waals surface area contributed by atoms with Gasteiger partial charge in [-0.2, -0.15) is 13.2 Å². The summed E-state index contributed by atoms with van der Waals surface area (Å²) < 4.78 is 54.6. The predicted molar refractivity (Wildman–Crippen MR) is 53.2 cm³/mol. The standard InChI is InChI=1S/C9H9F4NO.ClH/c1-15-6-4-2-3-5(7(6)10)8(14)9(11,12)13;/h2-4,8H,14H2,1H3;1H/t8-;/m1./s1. The molecule has 2 N–H and O–H groups in total. The summed E-state index contributed by atoms with van der Waals surface area (Å²) in [5.74, 6) is -1.34. The fourth-order valence-electron chi connectivity index (χ4n) is 1.10. The molecule has 92 valence electrons. The maximum Gasteiger partial charge on any atom is 0.407 e. The first-order valence-corrected chi connectivity index (χ1v) is 4.02. The number of alkyl halides is 3. The van der Waals surface area contributed by atoms with Gasteiger partial charge >= 0.3 is 6.18 Å². The highest BCUT2D eigenvalue weighted by atomic mass is 35.5. The highest BCUT2D eigenvalue weighted by molar-refractivity contribution is 5.85. The Morgan fingerprint density at radius 2 is 1.88 bits per heavy atom. The molecule has 0 saturated heterocycles. The molecule has 0 saturated carbocycles. The first-order chi connectivity index (χ1) is 6.88. The number of rotatable bonds is 2. The van der Waals surface area contributed by atoms with Crippen LogP contribution >= 0.6 is 12.4 Å². The lowest BCUT2D eigenvalue weighted by Crippen LogP contribution is -2.29. The molecule has 2 nitrogen and oxygen atoms in total. The van der Waals surface area contributed by atoms with Crippen LogP contribution in [0.4, 0.5) is 17.6 Å². The lowest BCUT2D eigenvalue weighted by molar-refractivity contribution is -0.149. The molecule has 16 heavy (non-hydrogen) atoms. The van der Waals surface area contributed by atoms with E-state index < -0.39 is 23.6 Å².